The quantitative estimate of drug-likeness (QED) is 0.807. The number of phenols is 1. The molecule has 24 heavy (non-hydrogen) atoms. The lowest BCUT2D eigenvalue weighted by atomic mass is 9.93. The Morgan fingerprint density at radius 3 is 2.96 bits per heavy atom. The molecule has 0 saturated heterocycles. The first-order valence-corrected chi connectivity index (χ1v) is 8.18. The number of amides is 2. The van der Waals surface area contributed by atoms with E-state index < -0.39 is 0 Å². The summed E-state index contributed by atoms with van der Waals surface area (Å²) >= 11 is 0. The molecule has 2 atom stereocenters. The number of rotatable bonds is 4. The lowest BCUT2D eigenvalue weighted by Crippen LogP contribution is -2.39. The minimum Gasteiger partial charge on any atom is -0.508 e. The number of aromatic hydroxyl groups is 1. The van der Waals surface area contributed by atoms with Crippen LogP contribution < -0.4 is 15.4 Å². The van der Waals surface area contributed by atoms with Crippen LogP contribution in [0.25, 0.3) is 0 Å². The van der Waals surface area contributed by atoms with Gasteiger partial charge in [0.25, 0.3) is 0 Å². The van der Waals surface area contributed by atoms with Crippen LogP contribution in [0.2, 0.25) is 0 Å². The van der Waals surface area contributed by atoms with E-state index in [0.29, 0.717) is 13.2 Å². The highest BCUT2D eigenvalue weighted by Gasteiger charge is 2.21. The normalized spacial score (nSPS) is 17.3. The number of carbonyl (C=O) groups is 1. The van der Waals surface area contributed by atoms with E-state index in [1.165, 1.54) is 0 Å². The van der Waals surface area contributed by atoms with Crippen molar-refractivity contribution in [3.63, 3.8) is 0 Å². The zero-order valence-electron chi connectivity index (χ0n) is 13.7. The number of hydrogen-bond donors (Lipinski definition) is 3. The van der Waals surface area contributed by atoms with Crippen molar-refractivity contribution < 1.29 is 14.6 Å². The monoisotopic (exact) mass is 326 g/mol. The molecule has 3 N–H and O–H groups in total. The summed E-state index contributed by atoms with van der Waals surface area (Å²) in [6.45, 7) is 3.13. The van der Waals surface area contributed by atoms with E-state index in [9.17, 15) is 9.90 Å². The van der Waals surface area contributed by atoms with Crippen molar-refractivity contribution in [2.45, 2.75) is 25.3 Å². The summed E-state index contributed by atoms with van der Waals surface area (Å²) in [7, 11) is 0. The summed E-state index contributed by atoms with van der Waals surface area (Å²) in [5.41, 5.74) is 2.01. The molecule has 0 radical (unpaired) electrons. The second-order valence-electron chi connectivity index (χ2n) is 6.04. The highest BCUT2D eigenvalue weighted by molar-refractivity contribution is 5.74. The number of fused-ring (bicyclic) bond motifs is 1. The summed E-state index contributed by atoms with van der Waals surface area (Å²) in [6, 6.07) is 14.5. The van der Waals surface area contributed by atoms with Crippen molar-refractivity contribution in [3.8, 4) is 11.5 Å². The van der Waals surface area contributed by atoms with Gasteiger partial charge in [0.2, 0.25) is 0 Å². The number of para-hydroxylation sites is 1. The Kier molecular flexibility index (Phi) is 4.89. The highest BCUT2D eigenvalue weighted by atomic mass is 16.5. The van der Waals surface area contributed by atoms with Gasteiger partial charge >= 0.3 is 6.03 Å². The van der Waals surface area contributed by atoms with Crippen LogP contribution in [0.15, 0.2) is 48.5 Å². The summed E-state index contributed by atoms with van der Waals surface area (Å²) in [6.07, 6.45) is 0.888. The topological polar surface area (TPSA) is 70.6 Å². The molecule has 0 unspecified atom stereocenters. The molecule has 0 spiro atoms. The van der Waals surface area contributed by atoms with E-state index in [2.05, 4.69) is 10.6 Å². The van der Waals surface area contributed by atoms with Crippen molar-refractivity contribution >= 4 is 6.03 Å². The molecule has 2 aromatic rings. The summed E-state index contributed by atoms with van der Waals surface area (Å²) in [5, 5.41) is 15.4. The fraction of sp³-hybridized carbons (Fsp3) is 0.316. The molecule has 5 nitrogen and oxygen atoms in total. The summed E-state index contributed by atoms with van der Waals surface area (Å²) < 4.78 is 5.64. The van der Waals surface area contributed by atoms with Gasteiger partial charge in [-0.2, -0.15) is 0 Å². The van der Waals surface area contributed by atoms with Gasteiger partial charge in [-0.1, -0.05) is 30.3 Å². The molecule has 126 valence electrons. The van der Waals surface area contributed by atoms with Crippen molar-refractivity contribution in [2.75, 3.05) is 13.2 Å². The Labute approximate surface area is 141 Å². The van der Waals surface area contributed by atoms with Crippen LogP contribution in [-0.2, 0) is 0 Å². The van der Waals surface area contributed by atoms with Gasteiger partial charge in [-0.25, -0.2) is 4.79 Å². The SMILES string of the molecule is C[C@@H](NC(=O)NC[C@H]1CCOc2ccccc21)c1cccc(O)c1. The van der Waals surface area contributed by atoms with Crippen LogP contribution in [0.4, 0.5) is 4.79 Å². The van der Waals surface area contributed by atoms with Gasteiger partial charge in [0, 0.05) is 12.5 Å². The van der Waals surface area contributed by atoms with Crippen LogP contribution in [0, 0.1) is 0 Å². The molecule has 2 amide bonds. The van der Waals surface area contributed by atoms with Crippen LogP contribution in [0.1, 0.15) is 36.4 Å². The third-order valence-corrected chi connectivity index (χ3v) is 4.31. The van der Waals surface area contributed by atoms with Gasteiger partial charge in [-0.05, 0) is 42.7 Å². The Bertz CT molecular complexity index is 717. The summed E-state index contributed by atoms with van der Waals surface area (Å²) in [4.78, 5) is 12.2. The highest BCUT2D eigenvalue weighted by Crippen LogP contribution is 2.32. The number of urea groups is 1. The van der Waals surface area contributed by atoms with Gasteiger partial charge in [-0.3, -0.25) is 0 Å². The number of phenolic OH excluding ortho intramolecular Hbond substituents is 1. The predicted molar refractivity (Wildman–Crippen MR) is 92.4 cm³/mol. The molecule has 0 aliphatic carbocycles. The van der Waals surface area contributed by atoms with E-state index >= 15 is 0 Å². The van der Waals surface area contributed by atoms with Crippen molar-refractivity contribution in [2.24, 2.45) is 0 Å². The largest absolute Gasteiger partial charge is 0.508 e. The van der Waals surface area contributed by atoms with Crippen molar-refractivity contribution in [1.29, 1.82) is 0 Å². The Morgan fingerprint density at radius 2 is 2.12 bits per heavy atom. The molecular weight excluding hydrogens is 304 g/mol. The molecule has 0 bridgehead atoms. The van der Waals surface area contributed by atoms with Crippen molar-refractivity contribution in [3.05, 3.63) is 59.7 Å². The van der Waals surface area contributed by atoms with Crippen molar-refractivity contribution in [1.82, 2.24) is 10.6 Å². The Balaban J connectivity index is 1.55. The fourth-order valence-corrected chi connectivity index (χ4v) is 2.97. The number of ether oxygens (including phenoxy) is 1. The molecular formula is C19H22N2O3. The van der Waals surface area contributed by atoms with E-state index in [-0.39, 0.29) is 23.7 Å². The van der Waals surface area contributed by atoms with Crippen LogP contribution >= 0.6 is 0 Å². The van der Waals surface area contributed by atoms with Gasteiger partial charge in [0.05, 0.1) is 12.6 Å². The minimum atomic E-state index is -0.213. The van der Waals surface area contributed by atoms with E-state index in [4.69, 9.17) is 4.74 Å². The fourth-order valence-electron chi connectivity index (χ4n) is 2.97. The molecule has 5 heteroatoms. The maximum absolute atomic E-state index is 12.2. The number of benzene rings is 2. The second-order valence-corrected chi connectivity index (χ2v) is 6.04. The molecule has 0 saturated carbocycles. The second kappa shape index (κ2) is 7.25. The maximum atomic E-state index is 12.2. The average molecular weight is 326 g/mol. The van der Waals surface area contributed by atoms with Crippen LogP contribution in [0.5, 0.6) is 11.5 Å². The molecule has 1 aliphatic heterocycles. The predicted octanol–water partition coefficient (Wildman–Crippen LogP) is 3.32. The lowest BCUT2D eigenvalue weighted by molar-refractivity contribution is 0.233. The first-order chi connectivity index (χ1) is 11.6. The van der Waals surface area contributed by atoms with Crippen LogP contribution in [-0.4, -0.2) is 24.3 Å². The third kappa shape index (κ3) is 3.79. The standard InChI is InChI=1S/C19H22N2O3/c1-13(14-5-4-6-16(22)11-14)21-19(23)20-12-15-9-10-24-18-8-3-2-7-17(15)18/h2-8,11,13,15,22H,9-10,12H2,1H3,(H2,20,21,23)/t13-,15-/m1/s1. The summed E-state index contributed by atoms with van der Waals surface area (Å²) in [5.74, 6) is 1.36. The first kappa shape index (κ1) is 16.2. The van der Waals surface area contributed by atoms with Crippen LogP contribution in [0.3, 0.4) is 0 Å². The average Bonchev–Trinajstić information content (AvgIpc) is 2.60. The van der Waals surface area contributed by atoms with E-state index in [1.807, 2.05) is 37.3 Å². The maximum Gasteiger partial charge on any atom is 0.315 e. The molecule has 1 aliphatic rings. The number of nitrogens with one attached hydrogen (secondary N) is 2. The zero-order chi connectivity index (χ0) is 16.9. The molecule has 1 heterocycles. The smallest absolute Gasteiger partial charge is 0.315 e. The van der Waals surface area contributed by atoms with Gasteiger partial charge in [-0.15, -0.1) is 0 Å². The van der Waals surface area contributed by atoms with Gasteiger partial charge < -0.3 is 20.5 Å². The molecule has 2 aromatic carbocycles. The molecule has 3 rings (SSSR count). The molecule has 0 aromatic heterocycles. The Hall–Kier alpha value is -2.69. The van der Waals surface area contributed by atoms with E-state index in [1.54, 1.807) is 18.2 Å². The van der Waals surface area contributed by atoms with Gasteiger partial charge in [0.1, 0.15) is 11.5 Å². The lowest BCUT2D eigenvalue weighted by Gasteiger charge is -2.26. The zero-order valence-corrected chi connectivity index (χ0v) is 13.7. The van der Waals surface area contributed by atoms with E-state index in [0.717, 1.165) is 23.3 Å². The number of hydrogen-bond acceptors (Lipinski definition) is 3. The van der Waals surface area contributed by atoms with Gasteiger partial charge in [0.15, 0.2) is 0 Å². The molecule has 0 fully saturated rings. The minimum absolute atomic E-state index is 0.181. The third-order valence-electron chi connectivity index (χ3n) is 4.31. The number of carbonyl (C=O) groups excluding carboxylic acids is 1. The Morgan fingerprint density at radius 1 is 1.29 bits per heavy atom. The first-order valence-electron chi connectivity index (χ1n) is 8.18.